The van der Waals surface area contributed by atoms with E-state index in [0.29, 0.717) is 23.3 Å². The Morgan fingerprint density at radius 2 is 2.27 bits per heavy atom. The summed E-state index contributed by atoms with van der Waals surface area (Å²) in [4.78, 5) is 29.9. The number of aromatic amines is 1. The SMILES string of the molecule is CN(C)Cc1csc(CNC(=O)c2ncnc3[nH]ccc23)n1. The molecule has 7 nitrogen and oxygen atoms in total. The molecule has 22 heavy (non-hydrogen) atoms. The van der Waals surface area contributed by atoms with Gasteiger partial charge in [-0.3, -0.25) is 4.79 Å². The predicted molar refractivity (Wildman–Crippen MR) is 84.6 cm³/mol. The van der Waals surface area contributed by atoms with Crippen molar-refractivity contribution < 1.29 is 4.79 Å². The molecule has 0 aliphatic carbocycles. The van der Waals surface area contributed by atoms with Crippen LogP contribution in [0.1, 0.15) is 21.2 Å². The minimum atomic E-state index is -0.226. The van der Waals surface area contributed by atoms with Crippen molar-refractivity contribution >= 4 is 28.3 Å². The van der Waals surface area contributed by atoms with Gasteiger partial charge in [0, 0.05) is 18.1 Å². The lowest BCUT2D eigenvalue weighted by molar-refractivity contribution is 0.0947. The number of fused-ring (bicyclic) bond motifs is 1. The van der Waals surface area contributed by atoms with Crippen LogP contribution in [0.5, 0.6) is 0 Å². The number of thiazole rings is 1. The maximum Gasteiger partial charge on any atom is 0.271 e. The normalized spacial score (nSPS) is 11.2. The summed E-state index contributed by atoms with van der Waals surface area (Å²) in [6, 6.07) is 1.79. The molecule has 3 aromatic rings. The molecule has 0 saturated heterocycles. The number of amides is 1. The van der Waals surface area contributed by atoms with E-state index < -0.39 is 0 Å². The second-order valence-corrected chi connectivity index (χ2v) is 6.06. The number of aromatic nitrogens is 4. The second kappa shape index (κ2) is 6.20. The van der Waals surface area contributed by atoms with Gasteiger partial charge in [-0.2, -0.15) is 0 Å². The van der Waals surface area contributed by atoms with Crippen LogP contribution in [0, 0.1) is 0 Å². The van der Waals surface area contributed by atoms with Gasteiger partial charge in [0.25, 0.3) is 5.91 Å². The number of carbonyl (C=O) groups excluding carboxylic acids is 1. The van der Waals surface area contributed by atoms with Crippen LogP contribution in [0.4, 0.5) is 0 Å². The van der Waals surface area contributed by atoms with Crippen LogP contribution < -0.4 is 5.32 Å². The Hall–Kier alpha value is -2.32. The summed E-state index contributed by atoms with van der Waals surface area (Å²) < 4.78 is 0. The fourth-order valence-electron chi connectivity index (χ4n) is 2.12. The van der Waals surface area contributed by atoms with Crippen molar-refractivity contribution in [3.63, 3.8) is 0 Å². The molecule has 0 fully saturated rings. The van der Waals surface area contributed by atoms with Gasteiger partial charge in [-0.05, 0) is 20.2 Å². The molecule has 0 aromatic carbocycles. The van der Waals surface area contributed by atoms with Gasteiger partial charge in [0.1, 0.15) is 22.7 Å². The Morgan fingerprint density at radius 3 is 3.09 bits per heavy atom. The fraction of sp³-hybridized carbons (Fsp3) is 0.286. The molecular formula is C14H16N6OS. The third-order valence-corrected chi connectivity index (χ3v) is 3.94. The number of nitrogens with zero attached hydrogens (tertiary/aromatic N) is 4. The molecule has 3 rings (SSSR count). The number of hydrogen-bond donors (Lipinski definition) is 2. The highest BCUT2D eigenvalue weighted by atomic mass is 32.1. The molecule has 0 unspecified atom stereocenters. The number of H-pyrrole nitrogens is 1. The van der Waals surface area contributed by atoms with Crippen LogP contribution in [-0.2, 0) is 13.1 Å². The lowest BCUT2D eigenvalue weighted by Crippen LogP contribution is -2.24. The van der Waals surface area contributed by atoms with E-state index in [0.717, 1.165) is 17.2 Å². The lowest BCUT2D eigenvalue weighted by Gasteiger charge is -2.05. The van der Waals surface area contributed by atoms with E-state index in [1.165, 1.54) is 6.33 Å². The average molecular weight is 316 g/mol. The summed E-state index contributed by atoms with van der Waals surface area (Å²) in [7, 11) is 4.00. The van der Waals surface area contributed by atoms with Gasteiger partial charge in [-0.25, -0.2) is 15.0 Å². The van der Waals surface area contributed by atoms with Crippen molar-refractivity contribution in [2.24, 2.45) is 0 Å². The predicted octanol–water partition coefficient (Wildman–Crippen LogP) is 1.41. The van der Waals surface area contributed by atoms with Crippen LogP contribution in [0.2, 0.25) is 0 Å². The Labute approximate surface area is 131 Å². The third-order valence-electron chi connectivity index (χ3n) is 3.05. The topological polar surface area (TPSA) is 86.8 Å². The molecule has 3 heterocycles. The molecule has 0 atom stereocenters. The van der Waals surface area contributed by atoms with Gasteiger partial charge in [0.05, 0.1) is 17.6 Å². The first-order valence-electron chi connectivity index (χ1n) is 6.78. The first kappa shape index (κ1) is 14.6. The van der Waals surface area contributed by atoms with Crippen molar-refractivity contribution in [3.05, 3.63) is 40.4 Å². The molecule has 2 N–H and O–H groups in total. The molecule has 114 valence electrons. The van der Waals surface area contributed by atoms with Gasteiger partial charge in [-0.15, -0.1) is 11.3 Å². The largest absolute Gasteiger partial charge is 0.346 e. The highest BCUT2D eigenvalue weighted by molar-refractivity contribution is 7.09. The van der Waals surface area contributed by atoms with Crippen LogP contribution in [-0.4, -0.2) is 44.8 Å². The molecule has 0 spiro atoms. The van der Waals surface area contributed by atoms with E-state index in [9.17, 15) is 4.79 Å². The van der Waals surface area contributed by atoms with Crippen molar-refractivity contribution in [3.8, 4) is 0 Å². The first-order valence-corrected chi connectivity index (χ1v) is 7.66. The molecule has 0 bridgehead atoms. The quantitative estimate of drug-likeness (QED) is 0.743. The summed E-state index contributed by atoms with van der Waals surface area (Å²) in [6.45, 7) is 1.19. The van der Waals surface area contributed by atoms with E-state index >= 15 is 0 Å². The Morgan fingerprint density at radius 1 is 1.41 bits per heavy atom. The van der Waals surface area contributed by atoms with Crippen molar-refractivity contribution in [1.29, 1.82) is 0 Å². The molecule has 0 aliphatic heterocycles. The van der Waals surface area contributed by atoms with Gasteiger partial charge in [0.2, 0.25) is 0 Å². The monoisotopic (exact) mass is 316 g/mol. The maximum absolute atomic E-state index is 12.3. The molecule has 1 amide bonds. The minimum Gasteiger partial charge on any atom is -0.346 e. The summed E-state index contributed by atoms with van der Waals surface area (Å²) in [6.07, 6.45) is 3.12. The van der Waals surface area contributed by atoms with Gasteiger partial charge in [-0.1, -0.05) is 0 Å². The molecule has 8 heteroatoms. The van der Waals surface area contributed by atoms with Crippen LogP contribution in [0.25, 0.3) is 11.0 Å². The highest BCUT2D eigenvalue weighted by Gasteiger charge is 2.13. The minimum absolute atomic E-state index is 0.226. The zero-order valence-corrected chi connectivity index (χ0v) is 13.1. The Balaban J connectivity index is 1.67. The van der Waals surface area contributed by atoms with E-state index in [1.807, 2.05) is 19.5 Å². The molecule has 3 aromatic heterocycles. The Kier molecular flexibility index (Phi) is 4.12. The van der Waals surface area contributed by atoms with Crippen molar-refractivity contribution in [1.82, 2.24) is 30.2 Å². The second-order valence-electron chi connectivity index (χ2n) is 5.12. The van der Waals surface area contributed by atoms with E-state index in [4.69, 9.17) is 0 Å². The molecule has 0 aliphatic rings. The lowest BCUT2D eigenvalue weighted by atomic mass is 10.2. The maximum atomic E-state index is 12.3. The highest BCUT2D eigenvalue weighted by Crippen LogP contribution is 2.14. The average Bonchev–Trinajstić information content (AvgIpc) is 3.12. The molecule has 0 radical (unpaired) electrons. The van der Waals surface area contributed by atoms with Gasteiger partial charge >= 0.3 is 0 Å². The number of rotatable bonds is 5. The van der Waals surface area contributed by atoms with Gasteiger partial charge in [0.15, 0.2) is 0 Å². The summed E-state index contributed by atoms with van der Waals surface area (Å²) in [5, 5.41) is 6.46. The van der Waals surface area contributed by atoms with Crippen molar-refractivity contribution in [2.45, 2.75) is 13.1 Å². The number of carbonyl (C=O) groups is 1. The van der Waals surface area contributed by atoms with E-state index in [-0.39, 0.29) is 5.91 Å². The third kappa shape index (κ3) is 3.12. The van der Waals surface area contributed by atoms with Crippen LogP contribution in [0.3, 0.4) is 0 Å². The summed E-state index contributed by atoms with van der Waals surface area (Å²) in [5.74, 6) is -0.226. The Bertz CT molecular complexity index is 793. The van der Waals surface area contributed by atoms with Crippen LogP contribution >= 0.6 is 11.3 Å². The smallest absolute Gasteiger partial charge is 0.271 e. The fourth-order valence-corrected chi connectivity index (χ4v) is 2.84. The van der Waals surface area contributed by atoms with Crippen LogP contribution in [0.15, 0.2) is 24.0 Å². The molecular weight excluding hydrogens is 300 g/mol. The van der Waals surface area contributed by atoms with E-state index in [2.05, 4.69) is 30.2 Å². The number of nitrogens with one attached hydrogen (secondary N) is 2. The zero-order chi connectivity index (χ0) is 15.5. The standard InChI is InChI=1S/C14H16N6OS/c1-20(2)6-9-7-22-11(19-9)5-16-14(21)12-10-3-4-15-13(10)18-8-17-12/h3-4,7-8H,5-6H2,1-2H3,(H,16,21)(H,15,17,18). The van der Waals surface area contributed by atoms with E-state index in [1.54, 1.807) is 23.6 Å². The summed E-state index contributed by atoms with van der Waals surface area (Å²) in [5.41, 5.74) is 2.04. The van der Waals surface area contributed by atoms with Gasteiger partial charge < -0.3 is 15.2 Å². The molecule has 0 saturated carbocycles. The van der Waals surface area contributed by atoms with Crippen molar-refractivity contribution in [2.75, 3.05) is 14.1 Å². The first-order chi connectivity index (χ1) is 10.6. The number of hydrogen-bond acceptors (Lipinski definition) is 6. The summed E-state index contributed by atoms with van der Waals surface area (Å²) >= 11 is 1.54. The zero-order valence-electron chi connectivity index (χ0n) is 12.3.